The van der Waals surface area contributed by atoms with Gasteiger partial charge in [0, 0.05) is 57.4 Å². The summed E-state index contributed by atoms with van der Waals surface area (Å²) in [4.78, 5) is 45.9. The Morgan fingerprint density at radius 1 is 1.06 bits per heavy atom. The Kier molecular flexibility index (Phi) is 5.53. The van der Waals surface area contributed by atoms with Crippen molar-refractivity contribution in [1.82, 2.24) is 20.1 Å². The molecule has 1 aromatic heterocycles. The van der Waals surface area contributed by atoms with Crippen molar-refractivity contribution in [3.05, 3.63) is 58.8 Å². The van der Waals surface area contributed by atoms with Crippen molar-refractivity contribution in [2.75, 3.05) is 31.1 Å². The molecule has 2 aromatic rings. The van der Waals surface area contributed by atoms with Crippen LogP contribution in [0.1, 0.15) is 34.3 Å². The van der Waals surface area contributed by atoms with E-state index < -0.39 is 23.6 Å². The van der Waals surface area contributed by atoms with Crippen LogP contribution in [0.25, 0.3) is 0 Å². The average Bonchev–Trinajstić information content (AvgIpc) is 3.12. The summed E-state index contributed by atoms with van der Waals surface area (Å²) in [5.74, 6) is -2.70. The number of pyridine rings is 1. The third-order valence-corrected chi connectivity index (χ3v) is 6.49. The Bertz CT molecular complexity index is 1130. The van der Waals surface area contributed by atoms with Crippen molar-refractivity contribution in [2.24, 2.45) is 0 Å². The topological polar surface area (TPSA) is 85.9 Å². The van der Waals surface area contributed by atoms with Crippen LogP contribution >= 0.6 is 0 Å². The number of nitrogens with one attached hydrogen (secondary N) is 1. The molecule has 1 unspecified atom stereocenters. The summed E-state index contributed by atoms with van der Waals surface area (Å²) in [6, 6.07) is 6.07. The maximum absolute atomic E-state index is 14.0. The van der Waals surface area contributed by atoms with Gasteiger partial charge in [0.25, 0.3) is 5.91 Å². The van der Waals surface area contributed by atoms with Crippen molar-refractivity contribution in [1.29, 1.82) is 0 Å². The van der Waals surface area contributed by atoms with E-state index >= 15 is 0 Å². The Morgan fingerprint density at radius 2 is 1.85 bits per heavy atom. The summed E-state index contributed by atoms with van der Waals surface area (Å²) >= 11 is 0. The number of carbonyl (C=O) groups excluding carboxylic acids is 3. The Hall–Kier alpha value is -3.40. The van der Waals surface area contributed by atoms with Crippen molar-refractivity contribution in [3.63, 3.8) is 0 Å². The highest BCUT2D eigenvalue weighted by Gasteiger charge is 2.39. The van der Waals surface area contributed by atoms with Crippen LogP contribution in [0.5, 0.6) is 0 Å². The highest BCUT2D eigenvalue weighted by atomic mass is 19.2. The quantitative estimate of drug-likeness (QED) is 0.703. The third kappa shape index (κ3) is 4.06. The monoisotopic (exact) mass is 455 g/mol. The fourth-order valence-electron chi connectivity index (χ4n) is 4.73. The smallest absolute Gasteiger partial charge is 0.255 e. The summed E-state index contributed by atoms with van der Waals surface area (Å²) in [6.07, 6.45) is 1.83. The summed E-state index contributed by atoms with van der Waals surface area (Å²) in [5, 5.41) is 2.31. The van der Waals surface area contributed by atoms with E-state index in [0.717, 1.165) is 17.2 Å². The normalized spacial score (nSPS) is 21.4. The van der Waals surface area contributed by atoms with E-state index in [1.165, 1.54) is 11.1 Å². The van der Waals surface area contributed by atoms with Crippen LogP contribution in [0.2, 0.25) is 0 Å². The first kappa shape index (κ1) is 21.4. The van der Waals surface area contributed by atoms with Crippen LogP contribution in [-0.2, 0) is 22.7 Å². The molecule has 5 rings (SSSR count). The highest BCUT2D eigenvalue weighted by Crippen LogP contribution is 2.29. The molecule has 33 heavy (non-hydrogen) atoms. The van der Waals surface area contributed by atoms with Gasteiger partial charge in [0.1, 0.15) is 6.04 Å². The maximum Gasteiger partial charge on any atom is 0.255 e. The number of carbonyl (C=O) groups is 3. The van der Waals surface area contributed by atoms with Crippen LogP contribution in [0, 0.1) is 11.6 Å². The number of hydrogen-bond acceptors (Lipinski definition) is 6. The van der Waals surface area contributed by atoms with Gasteiger partial charge in [-0.2, -0.15) is 4.39 Å². The molecule has 0 bridgehead atoms. The van der Waals surface area contributed by atoms with Gasteiger partial charge < -0.3 is 9.80 Å². The number of aromatic nitrogens is 1. The van der Waals surface area contributed by atoms with E-state index in [1.807, 2.05) is 12.1 Å². The van der Waals surface area contributed by atoms with Gasteiger partial charge in [-0.05, 0) is 29.7 Å². The first-order chi connectivity index (χ1) is 15.9. The average molecular weight is 455 g/mol. The fraction of sp³-hybridized carbons (Fsp3) is 0.391. The van der Waals surface area contributed by atoms with Gasteiger partial charge in [0.05, 0.1) is 0 Å². The van der Waals surface area contributed by atoms with E-state index in [0.29, 0.717) is 51.3 Å². The molecule has 0 spiro atoms. The SMILES string of the molecule is O=C1CCC(N2Cc3cc(CN4CCN(c5nccc(F)c5F)CC4)ccc3C2=O)C(=O)N1. The molecule has 4 heterocycles. The second-order valence-corrected chi connectivity index (χ2v) is 8.59. The van der Waals surface area contributed by atoms with Gasteiger partial charge in [-0.1, -0.05) is 12.1 Å². The molecule has 3 aliphatic heterocycles. The zero-order chi connectivity index (χ0) is 23.1. The number of rotatable bonds is 4. The molecule has 10 heteroatoms. The highest BCUT2D eigenvalue weighted by molar-refractivity contribution is 6.05. The Balaban J connectivity index is 1.22. The van der Waals surface area contributed by atoms with Gasteiger partial charge in [0.2, 0.25) is 17.6 Å². The minimum Gasteiger partial charge on any atom is -0.352 e. The minimum atomic E-state index is -0.921. The molecular weight excluding hydrogens is 432 g/mol. The van der Waals surface area contributed by atoms with Crippen molar-refractivity contribution in [3.8, 4) is 0 Å². The molecule has 2 saturated heterocycles. The molecule has 172 valence electrons. The second kappa shape index (κ2) is 8.51. The number of piperidine rings is 1. The van der Waals surface area contributed by atoms with E-state index in [2.05, 4.69) is 15.2 Å². The molecule has 0 saturated carbocycles. The number of nitrogens with zero attached hydrogens (tertiary/aromatic N) is 4. The molecule has 0 radical (unpaired) electrons. The predicted molar refractivity (Wildman–Crippen MR) is 114 cm³/mol. The van der Waals surface area contributed by atoms with Gasteiger partial charge in [-0.25, -0.2) is 9.37 Å². The fourth-order valence-corrected chi connectivity index (χ4v) is 4.73. The lowest BCUT2D eigenvalue weighted by atomic mass is 10.0. The second-order valence-electron chi connectivity index (χ2n) is 8.59. The molecular formula is C23H23F2N5O3. The number of amides is 3. The van der Waals surface area contributed by atoms with Crippen LogP contribution < -0.4 is 10.2 Å². The lowest BCUT2D eigenvalue weighted by Gasteiger charge is -2.35. The summed E-state index contributed by atoms with van der Waals surface area (Å²) in [7, 11) is 0. The van der Waals surface area contributed by atoms with E-state index in [9.17, 15) is 23.2 Å². The largest absolute Gasteiger partial charge is 0.352 e. The zero-order valence-electron chi connectivity index (χ0n) is 17.9. The first-order valence-electron chi connectivity index (χ1n) is 10.9. The number of halogens is 2. The molecule has 2 fully saturated rings. The van der Waals surface area contributed by atoms with E-state index in [4.69, 9.17) is 0 Å². The molecule has 3 amide bonds. The maximum atomic E-state index is 14.0. The number of benzene rings is 1. The predicted octanol–water partition coefficient (Wildman–Crippen LogP) is 1.44. The van der Waals surface area contributed by atoms with Crippen LogP contribution in [0.15, 0.2) is 30.5 Å². The van der Waals surface area contributed by atoms with E-state index in [1.54, 1.807) is 11.0 Å². The van der Waals surface area contributed by atoms with Gasteiger partial charge in [0.15, 0.2) is 11.6 Å². The number of fused-ring (bicyclic) bond motifs is 1. The lowest BCUT2D eigenvalue weighted by molar-refractivity contribution is -0.136. The number of hydrogen-bond donors (Lipinski definition) is 1. The molecule has 1 N–H and O–H groups in total. The number of anilines is 1. The zero-order valence-corrected chi connectivity index (χ0v) is 17.9. The summed E-state index contributed by atoms with van der Waals surface area (Å²) < 4.78 is 27.5. The molecule has 8 nitrogen and oxygen atoms in total. The lowest BCUT2D eigenvalue weighted by Crippen LogP contribution is -2.52. The molecule has 1 atom stereocenters. The minimum absolute atomic E-state index is 0.0410. The van der Waals surface area contributed by atoms with Gasteiger partial charge in [-0.15, -0.1) is 0 Å². The Morgan fingerprint density at radius 3 is 2.61 bits per heavy atom. The standard InChI is InChI=1S/C23H23F2N5O3/c24-17-5-6-26-21(20(17)25)29-9-7-28(8-10-29)12-14-1-2-16-15(11-14)13-30(23(16)33)18-3-4-19(31)27-22(18)32/h1-2,5-6,11,18H,3-4,7-10,12-13H2,(H,27,31,32). The first-order valence-corrected chi connectivity index (χ1v) is 10.9. The number of piperazine rings is 1. The third-order valence-electron chi connectivity index (χ3n) is 6.49. The van der Waals surface area contributed by atoms with Crippen molar-refractivity contribution < 1.29 is 23.2 Å². The number of imide groups is 1. The Labute approximate surface area is 189 Å². The van der Waals surface area contributed by atoms with Crippen molar-refractivity contribution in [2.45, 2.75) is 32.0 Å². The van der Waals surface area contributed by atoms with Crippen LogP contribution in [-0.4, -0.2) is 64.7 Å². The molecule has 0 aliphatic carbocycles. The van der Waals surface area contributed by atoms with Gasteiger partial charge >= 0.3 is 0 Å². The van der Waals surface area contributed by atoms with Gasteiger partial charge in [-0.3, -0.25) is 24.6 Å². The molecule has 3 aliphatic rings. The molecule has 1 aromatic carbocycles. The summed E-state index contributed by atoms with van der Waals surface area (Å²) in [5.41, 5.74) is 2.49. The van der Waals surface area contributed by atoms with Crippen LogP contribution in [0.3, 0.4) is 0 Å². The van der Waals surface area contributed by atoms with E-state index in [-0.39, 0.29) is 24.1 Å². The van der Waals surface area contributed by atoms with Crippen LogP contribution in [0.4, 0.5) is 14.6 Å². The summed E-state index contributed by atoms with van der Waals surface area (Å²) in [6.45, 7) is 3.38. The van der Waals surface area contributed by atoms with Crippen molar-refractivity contribution >= 4 is 23.5 Å².